The van der Waals surface area contributed by atoms with Crippen LogP contribution in [-0.4, -0.2) is 23.4 Å². The Kier molecular flexibility index (Phi) is 4.47. The van der Waals surface area contributed by atoms with Gasteiger partial charge in [0.1, 0.15) is 0 Å². The molecule has 0 bridgehead atoms. The second kappa shape index (κ2) is 6.50. The summed E-state index contributed by atoms with van der Waals surface area (Å²) >= 11 is 0. The fourth-order valence-electron chi connectivity index (χ4n) is 4.01. The number of hydrogen-bond acceptors (Lipinski definition) is 2. The van der Waals surface area contributed by atoms with Gasteiger partial charge in [0.15, 0.2) is 0 Å². The van der Waals surface area contributed by atoms with Crippen LogP contribution in [0.15, 0.2) is 24.3 Å². The molecule has 114 valence electrons. The second-order valence-electron chi connectivity index (χ2n) is 6.58. The average Bonchev–Trinajstić information content (AvgIpc) is 2.53. The molecule has 1 aliphatic heterocycles. The number of nitrogen functional groups attached to an aromatic ring is 1. The molecule has 0 aromatic heterocycles. The zero-order valence-electron chi connectivity index (χ0n) is 12.8. The highest BCUT2D eigenvalue weighted by atomic mass is 16.2. The van der Waals surface area contributed by atoms with Gasteiger partial charge in [-0.1, -0.05) is 25.0 Å². The monoisotopic (exact) mass is 286 g/mol. The number of aryl methyl sites for hydroxylation is 1. The topological polar surface area (TPSA) is 46.3 Å². The minimum absolute atomic E-state index is 0.350. The van der Waals surface area contributed by atoms with E-state index in [1.807, 2.05) is 24.3 Å². The fraction of sp³-hybridized carbons (Fsp3) is 0.611. The van der Waals surface area contributed by atoms with Crippen LogP contribution in [0.4, 0.5) is 5.69 Å². The Morgan fingerprint density at radius 1 is 1.10 bits per heavy atom. The molecule has 21 heavy (non-hydrogen) atoms. The summed E-state index contributed by atoms with van der Waals surface area (Å²) in [6.45, 7) is 0.974. The number of piperidine rings is 1. The van der Waals surface area contributed by atoms with Crippen molar-refractivity contribution in [3.8, 4) is 0 Å². The quantitative estimate of drug-likeness (QED) is 0.866. The van der Waals surface area contributed by atoms with Crippen LogP contribution < -0.4 is 5.73 Å². The number of fused-ring (bicyclic) bond motifs is 1. The number of carbonyl (C=O) groups is 1. The molecule has 1 aromatic carbocycles. The van der Waals surface area contributed by atoms with Crippen molar-refractivity contribution in [2.45, 2.75) is 57.4 Å². The molecule has 2 fully saturated rings. The number of carbonyl (C=O) groups excluding carboxylic acids is 1. The normalized spacial score (nSPS) is 25.4. The summed E-state index contributed by atoms with van der Waals surface area (Å²) in [5, 5.41) is 0. The Hall–Kier alpha value is -1.51. The van der Waals surface area contributed by atoms with Gasteiger partial charge in [-0.2, -0.15) is 0 Å². The van der Waals surface area contributed by atoms with Crippen molar-refractivity contribution in [1.29, 1.82) is 0 Å². The first-order valence-corrected chi connectivity index (χ1v) is 8.38. The molecule has 2 unspecified atom stereocenters. The predicted octanol–water partition coefficient (Wildman–Crippen LogP) is 3.38. The third-order valence-electron chi connectivity index (χ3n) is 5.17. The van der Waals surface area contributed by atoms with E-state index >= 15 is 0 Å². The van der Waals surface area contributed by atoms with Gasteiger partial charge in [-0.05, 0) is 55.7 Å². The highest BCUT2D eigenvalue weighted by Gasteiger charge is 2.35. The van der Waals surface area contributed by atoms with E-state index in [0.717, 1.165) is 24.6 Å². The highest BCUT2D eigenvalue weighted by Crippen LogP contribution is 2.35. The Bertz CT molecular complexity index is 480. The highest BCUT2D eigenvalue weighted by molar-refractivity contribution is 5.77. The summed E-state index contributed by atoms with van der Waals surface area (Å²) in [4.78, 5) is 14.8. The molecule has 1 aromatic rings. The molecule has 1 saturated heterocycles. The third kappa shape index (κ3) is 3.39. The molecule has 1 aliphatic carbocycles. The first-order chi connectivity index (χ1) is 10.2. The minimum atomic E-state index is 0.350. The van der Waals surface area contributed by atoms with Crippen LogP contribution in [0.1, 0.15) is 50.5 Å². The van der Waals surface area contributed by atoms with Crippen molar-refractivity contribution < 1.29 is 4.79 Å². The average molecular weight is 286 g/mol. The van der Waals surface area contributed by atoms with E-state index in [2.05, 4.69) is 4.90 Å². The molecule has 3 heteroatoms. The van der Waals surface area contributed by atoms with Gasteiger partial charge in [0, 0.05) is 24.7 Å². The van der Waals surface area contributed by atoms with Gasteiger partial charge in [0.05, 0.1) is 0 Å². The van der Waals surface area contributed by atoms with Crippen LogP contribution >= 0.6 is 0 Å². The SMILES string of the molecule is Nc1ccc(CCC(=O)N2CCCC3CCCCC32)cc1. The van der Waals surface area contributed by atoms with Gasteiger partial charge in [-0.25, -0.2) is 0 Å². The van der Waals surface area contributed by atoms with Gasteiger partial charge in [-0.15, -0.1) is 0 Å². The van der Waals surface area contributed by atoms with Crippen LogP contribution in [-0.2, 0) is 11.2 Å². The lowest BCUT2D eigenvalue weighted by atomic mass is 9.78. The van der Waals surface area contributed by atoms with Crippen LogP contribution in [0.25, 0.3) is 0 Å². The minimum Gasteiger partial charge on any atom is -0.399 e. The Balaban J connectivity index is 1.57. The van der Waals surface area contributed by atoms with Gasteiger partial charge in [0.2, 0.25) is 5.91 Å². The molecule has 2 N–H and O–H groups in total. The number of anilines is 1. The Morgan fingerprint density at radius 3 is 2.62 bits per heavy atom. The summed E-state index contributed by atoms with van der Waals surface area (Å²) in [6, 6.07) is 8.42. The van der Waals surface area contributed by atoms with Gasteiger partial charge in [-0.3, -0.25) is 4.79 Å². The summed E-state index contributed by atoms with van der Waals surface area (Å²) in [5.74, 6) is 1.12. The van der Waals surface area contributed by atoms with E-state index in [1.54, 1.807) is 0 Å². The molecule has 2 atom stereocenters. The van der Waals surface area contributed by atoms with Crippen molar-refractivity contribution in [3.63, 3.8) is 0 Å². The van der Waals surface area contributed by atoms with Crippen molar-refractivity contribution in [3.05, 3.63) is 29.8 Å². The van der Waals surface area contributed by atoms with Crippen molar-refractivity contribution in [2.24, 2.45) is 5.92 Å². The molecule has 2 aliphatic rings. The number of benzene rings is 1. The lowest BCUT2D eigenvalue weighted by Gasteiger charge is -2.44. The number of hydrogen-bond donors (Lipinski definition) is 1. The largest absolute Gasteiger partial charge is 0.399 e. The van der Waals surface area contributed by atoms with Crippen LogP contribution in [0.5, 0.6) is 0 Å². The second-order valence-corrected chi connectivity index (χ2v) is 6.58. The molecule has 3 rings (SSSR count). The van der Waals surface area contributed by atoms with E-state index in [4.69, 9.17) is 5.73 Å². The first kappa shape index (κ1) is 14.4. The zero-order chi connectivity index (χ0) is 14.7. The molecule has 1 amide bonds. The van der Waals surface area contributed by atoms with Crippen molar-refractivity contribution >= 4 is 11.6 Å². The Morgan fingerprint density at radius 2 is 1.81 bits per heavy atom. The van der Waals surface area contributed by atoms with Crippen LogP contribution in [0.3, 0.4) is 0 Å². The first-order valence-electron chi connectivity index (χ1n) is 8.38. The number of nitrogens with two attached hydrogens (primary N) is 1. The number of nitrogens with zero attached hydrogens (tertiary/aromatic N) is 1. The lowest BCUT2D eigenvalue weighted by Crippen LogP contribution is -2.49. The van der Waals surface area contributed by atoms with Gasteiger partial charge >= 0.3 is 0 Å². The van der Waals surface area contributed by atoms with E-state index < -0.39 is 0 Å². The molecular formula is C18H26N2O. The van der Waals surface area contributed by atoms with E-state index in [0.29, 0.717) is 18.4 Å². The summed E-state index contributed by atoms with van der Waals surface area (Å²) in [7, 11) is 0. The molecule has 0 radical (unpaired) electrons. The zero-order valence-corrected chi connectivity index (χ0v) is 12.8. The van der Waals surface area contributed by atoms with Crippen LogP contribution in [0.2, 0.25) is 0 Å². The smallest absolute Gasteiger partial charge is 0.223 e. The summed E-state index contributed by atoms with van der Waals surface area (Å²) in [5.41, 5.74) is 7.68. The number of amides is 1. The van der Waals surface area contributed by atoms with Gasteiger partial charge < -0.3 is 10.6 Å². The maximum atomic E-state index is 12.6. The summed E-state index contributed by atoms with van der Waals surface area (Å²) < 4.78 is 0. The Labute approximate surface area is 127 Å². The lowest BCUT2D eigenvalue weighted by molar-refractivity contribution is -0.137. The number of likely N-dealkylation sites (tertiary alicyclic amines) is 1. The van der Waals surface area contributed by atoms with Crippen molar-refractivity contribution in [1.82, 2.24) is 4.90 Å². The van der Waals surface area contributed by atoms with E-state index in [1.165, 1.54) is 44.1 Å². The molecular weight excluding hydrogens is 260 g/mol. The van der Waals surface area contributed by atoms with E-state index in [9.17, 15) is 4.79 Å². The maximum absolute atomic E-state index is 12.6. The third-order valence-corrected chi connectivity index (χ3v) is 5.17. The standard InChI is InChI=1S/C18H26N2O/c19-16-10-7-14(8-11-16)9-12-18(21)20-13-3-5-15-4-1-2-6-17(15)20/h7-8,10-11,15,17H,1-6,9,12-13,19H2. The molecule has 1 heterocycles. The van der Waals surface area contributed by atoms with Crippen LogP contribution in [0, 0.1) is 5.92 Å². The van der Waals surface area contributed by atoms with E-state index in [-0.39, 0.29) is 0 Å². The molecule has 0 spiro atoms. The van der Waals surface area contributed by atoms with Gasteiger partial charge in [0.25, 0.3) is 0 Å². The molecule has 3 nitrogen and oxygen atoms in total. The maximum Gasteiger partial charge on any atom is 0.223 e. The summed E-state index contributed by atoms with van der Waals surface area (Å²) in [6.07, 6.45) is 9.17. The molecule has 1 saturated carbocycles. The van der Waals surface area contributed by atoms with Crippen molar-refractivity contribution in [2.75, 3.05) is 12.3 Å². The fourth-order valence-corrected chi connectivity index (χ4v) is 4.01. The predicted molar refractivity (Wildman–Crippen MR) is 85.9 cm³/mol. The number of rotatable bonds is 3.